The molecule has 0 saturated heterocycles. The van der Waals surface area contributed by atoms with Gasteiger partial charge in [-0.1, -0.05) is 18.1 Å². The van der Waals surface area contributed by atoms with Gasteiger partial charge in [-0.05, 0) is 6.07 Å². The largest absolute Gasteiger partial charge is 0.364 e. The van der Waals surface area contributed by atoms with E-state index in [0.29, 0.717) is 5.56 Å². The molecule has 1 amide bonds. The van der Waals surface area contributed by atoms with Crippen LogP contribution >= 0.6 is 0 Å². The van der Waals surface area contributed by atoms with E-state index >= 15 is 0 Å². The molecule has 0 aliphatic rings. The number of hydrogen-bond donors (Lipinski definition) is 2. The predicted molar refractivity (Wildman–Crippen MR) is 58.2 cm³/mol. The Hall–Kier alpha value is -2.68. The minimum Gasteiger partial charge on any atom is -0.364 e. The van der Waals surface area contributed by atoms with Crippen LogP contribution in [0.2, 0.25) is 0 Å². The number of hydrogen-bond acceptors (Lipinski definition) is 3. The average molecular weight is 230 g/mol. The molecule has 5 nitrogen and oxygen atoms in total. The molecule has 0 unspecified atom stereocenters. The Morgan fingerprint density at radius 1 is 1.47 bits per heavy atom. The van der Waals surface area contributed by atoms with Crippen molar-refractivity contribution in [3.05, 3.63) is 35.3 Å². The smallest absolute Gasteiger partial charge is 0.271 e. The van der Waals surface area contributed by atoms with E-state index in [4.69, 9.17) is 12.2 Å². The third kappa shape index (κ3) is 1.74. The van der Waals surface area contributed by atoms with Gasteiger partial charge in [0.25, 0.3) is 5.91 Å². The third-order valence-electron chi connectivity index (χ3n) is 2.19. The molecule has 84 valence electrons. The monoisotopic (exact) mass is 230 g/mol. The van der Waals surface area contributed by atoms with Gasteiger partial charge in [0.1, 0.15) is 11.5 Å². The summed E-state index contributed by atoms with van der Waals surface area (Å²) in [6, 6.07) is 4.23. The number of nitrogens with two attached hydrogens (primary N) is 1. The molecule has 0 spiro atoms. The van der Waals surface area contributed by atoms with Crippen LogP contribution in [-0.4, -0.2) is 21.3 Å². The van der Waals surface area contributed by atoms with Crippen molar-refractivity contribution >= 4 is 5.91 Å². The lowest BCUT2D eigenvalue weighted by Crippen LogP contribution is -2.13. The fourth-order valence-electron chi connectivity index (χ4n) is 1.46. The van der Waals surface area contributed by atoms with E-state index in [-0.39, 0.29) is 17.0 Å². The number of nitrogens with zero attached hydrogens (tertiary/aromatic N) is 2. The second-order valence-corrected chi connectivity index (χ2v) is 3.19. The quantitative estimate of drug-likeness (QED) is 0.744. The van der Waals surface area contributed by atoms with Crippen molar-refractivity contribution in [2.45, 2.75) is 0 Å². The van der Waals surface area contributed by atoms with E-state index in [0.717, 1.165) is 0 Å². The minimum atomic E-state index is -0.763. The maximum atomic E-state index is 13.5. The lowest BCUT2D eigenvalue weighted by Gasteiger charge is -2.02. The van der Waals surface area contributed by atoms with Gasteiger partial charge < -0.3 is 5.73 Å². The average Bonchev–Trinajstić information content (AvgIpc) is 2.77. The van der Waals surface area contributed by atoms with Gasteiger partial charge in [-0.15, -0.1) is 6.42 Å². The van der Waals surface area contributed by atoms with Gasteiger partial charge in [0.2, 0.25) is 0 Å². The number of amides is 1. The van der Waals surface area contributed by atoms with Crippen molar-refractivity contribution in [2.24, 2.45) is 5.73 Å². The Labute approximate surface area is 95.8 Å². The molecule has 1 aromatic heterocycles. The number of benzene rings is 1. The Kier molecular flexibility index (Phi) is 2.58. The van der Waals surface area contributed by atoms with E-state index in [1.54, 1.807) is 6.07 Å². The topological polar surface area (TPSA) is 84.7 Å². The van der Waals surface area contributed by atoms with Crippen LogP contribution in [0.3, 0.4) is 0 Å². The molecular formula is C11H7FN4O. The Morgan fingerprint density at radius 3 is 2.88 bits per heavy atom. The molecule has 0 atom stereocenters. The number of halogens is 1. The molecule has 0 fully saturated rings. The summed E-state index contributed by atoms with van der Waals surface area (Å²) in [5, 5.41) is 9.61. The summed E-state index contributed by atoms with van der Waals surface area (Å²) >= 11 is 0. The first-order chi connectivity index (χ1) is 8.15. The maximum Gasteiger partial charge on any atom is 0.271 e. The highest BCUT2D eigenvalue weighted by Crippen LogP contribution is 2.24. The summed E-state index contributed by atoms with van der Waals surface area (Å²) in [7, 11) is 0. The number of H-pyrrole nitrogens is 1. The van der Waals surface area contributed by atoms with Crippen LogP contribution < -0.4 is 5.73 Å². The molecule has 2 rings (SSSR count). The zero-order valence-electron chi connectivity index (χ0n) is 8.57. The molecule has 0 aliphatic carbocycles. The van der Waals surface area contributed by atoms with Gasteiger partial charge in [-0.25, -0.2) is 4.39 Å². The van der Waals surface area contributed by atoms with Crippen LogP contribution in [0.5, 0.6) is 0 Å². The van der Waals surface area contributed by atoms with E-state index in [1.807, 2.05) is 0 Å². The number of aromatic amines is 1. The van der Waals surface area contributed by atoms with Crippen LogP contribution in [0.4, 0.5) is 4.39 Å². The van der Waals surface area contributed by atoms with Gasteiger partial charge in [-0.3, -0.25) is 4.79 Å². The first-order valence-corrected chi connectivity index (χ1v) is 4.61. The Balaban J connectivity index is 2.70. The second kappa shape index (κ2) is 4.06. The number of primary amides is 1. The molecule has 0 saturated carbocycles. The highest BCUT2D eigenvalue weighted by atomic mass is 19.1. The van der Waals surface area contributed by atoms with Crippen molar-refractivity contribution in [2.75, 3.05) is 0 Å². The summed E-state index contributed by atoms with van der Waals surface area (Å²) in [6.45, 7) is 0. The second-order valence-electron chi connectivity index (χ2n) is 3.19. The molecule has 0 radical (unpaired) electrons. The SMILES string of the molecule is C#Cc1c(F)cccc1-c1n[nH]nc1C(N)=O. The van der Waals surface area contributed by atoms with E-state index in [9.17, 15) is 9.18 Å². The van der Waals surface area contributed by atoms with Gasteiger partial charge >= 0.3 is 0 Å². The fourth-order valence-corrected chi connectivity index (χ4v) is 1.46. The summed E-state index contributed by atoms with van der Waals surface area (Å²) in [4.78, 5) is 11.1. The summed E-state index contributed by atoms with van der Waals surface area (Å²) in [5.74, 6) is 0.880. The van der Waals surface area contributed by atoms with Gasteiger partial charge in [0.15, 0.2) is 5.69 Å². The predicted octanol–water partition coefficient (Wildman–Crippen LogP) is 0.691. The molecule has 17 heavy (non-hydrogen) atoms. The van der Waals surface area contributed by atoms with Crippen LogP contribution in [0.25, 0.3) is 11.3 Å². The standard InChI is InChI=1S/C11H7FN4O/c1-2-6-7(4-3-5-8(6)12)9-10(11(13)17)15-16-14-9/h1,3-5H,(H2,13,17)(H,14,15,16). The molecule has 0 aliphatic heterocycles. The lowest BCUT2D eigenvalue weighted by molar-refractivity contribution is 0.0996. The maximum absolute atomic E-state index is 13.5. The number of carbonyl (C=O) groups is 1. The summed E-state index contributed by atoms with van der Waals surface area (Å²) in [5.41, 5.74) is 5.50. The number of carbonyl (C=O) groups excluding carboxylic acids is 1. The zero-order chi connectivity index (χ0) is 12.4. The van der Waals surface area contributed by atoms with E-state index in [1.165, 1.54) is 12.1 Å². The van der Waals surface area contributed by atoms with Gasteiger partial charge in [0.05, 0.1) is 5.56 Å². The molecule has 3 N–H and O–H groups in total. The third-order valence-corrected chi connectivity index (χ3v) is 2.19. The van der Waals surface area contributed by atoms with Crippen LogP contribution in [0.1, 0.15) is 16.1 Å². The number of nitrogens with one attached hydrogen (secondary N) is 1. The van der Waals surface area contributed by atoms with Crippen LogP contribution in [0.15, 0.2) is 18.2 Å². The first-order valence-electron chi connectivity index (χ1n) is 4.61. The Morgan fingerprint density at radius 2 is 2.24 bits per heavy atom. The number of aromatic nitrogens is 3. The van der Waals surface area contributed by atoms with E-state index < -0.39 is 11.7 Å². The molecule has 1 aromatic carbocycles. The minimum absolute atomic E-state index is 0.0175. The summed E-state index contributed by atoms with van der Waals surface area (Å²) < 4.78 is 13.5. The first kappa shape index (κ1) is 10.8. The van der Waals surface area contributed by atoms with Crippen molar-refractivity contribution in [3.63, 3.8) is 0 Å². The van der Waals surface area contributed by atoms with Crippen LogP contribution in [0, 0.1) is 18.2 Å². The highest BCUT2D eigenvalue weighted by Gasteiger charge is 2.18. The molecule has 6 heteroatoms. The Bertz CT molecular complexity index is 627. The van der Waals surface area contributed by atoms with Gasteiger partial charge in [-0.2, -0.15) is 15.4 Å². The normalized spacial score (nSPS) is 9.88. The van der Waals surface area contributed by atoms with Crippen LogP contribution in [-0.2, 0) is 0 Å². The van der Waals surface area contributed by atoms with Gasteiger partial charge in [0, 0.05) is 5.56 Å². The molecule has 2 aromatic rings. The molecule has 0 bridgehead atoms. The van der Waals surface area contributed by atoms with E-state index in [2.05, 4.69) is 21.3 Å². The van der Waals surface area contributed by atoms with Crippen molar-refractivity contribution < 1.29 is 9.18 Å². The number of rotatable bonds is 2. The summed E-state index contributed by atoms with van der Waals surface area (Å²) in [6.07, 6.45) is 5.22. The van der Waals surface area contributed by atoms with Crippen molar-refractivity contribution in [1.82, 2.24) is 15.4 Å². The zero-order valence-corrected chi connectivity index (χ0v) is 8.57. The fraction of sp³-hybridized carbons (Fsp3) is 0. The van der Waals surface area contributed by atoms with Crippen molar-refractivity contribution in [1.29, 1.82) is 0 Å². The van der Waals surface area contributed by atoms with Crippen molar-refractivity contribution in [3.8, 4) is 23.6 Å². The highest BCUT2D eigenvalue weighted by molar-refractivity contribution is 5.97. The lowest BCUT2D eigenvalue weighted by atomic mass is 10.0. The molecule has 1 heterocycles. The number of terminal acetylenes is 1. The molecular weight excluding hydrogens is 223 g/mol.